The second kappa shape index (κ2) is 6.49. The van der Waals surface area contributed by atoms with Crippen molar-refractivity contribution in [2.24, 2.45) is 0 Å². The van der Waals surface area contributed by atoms with E-state index in [1.807, 2.05) is 13.8 Å². The maximum atomic E-state index is 11.6. The van der Waals surface area contributed by atoms with E-state index in [-0.39, 0.29) is 30.2 Å². The molecule has 2 atom stereocenters. The molecule has 102 valence electrons. The summed E-state index contributed by atoms with van der Waals surface area (Å²) in [6, 6.07) is -0.308. The lowest BCUT2D eigenvalue weighted by atomic mass is 10.2. The number of hydrogen-bond donors (Lipinski definition) is 2. The summed E-state index contributed by atoms with van der Waals surface area (Å²) in [5, 5.41) is 5.78. The maximum absolute atomic E-state index is 11.6. The highest BCUT2D eigenvalue weighted by Crippen LogP contribution is 2.10. The second-order valence-electron chi connectivity index (χ2n) is 4.63. The molecule has 0 aliphatic carbocycles. The molecule has 1 fully saturated rings. The van der Waals surface area contributed by atoms with Crippen molar-refractivity contribution in [2.45, 2.75) is 45.2 Å². The van der Waals surface area contributed by atoms with Gasteiger partial charge in [0, 0.05) is 26.1 Å². The summed E-state index contributed by atoms with van der Waals surface area (Å²) in [4.78, 5) is 35.4. The number of imide groups is 1. The van der Waals surface area contributed by atoms with Crippen LogP contribution >= 0.6 is 0 Å². The molecule has 0 aromatic carbocycles. The van der Waals surface area contributed by atoms with Crippen LogP contribution in [-0.2, 0) is 14.4 Å². The zero-order valence-corrected chi connectivity index (χ0v) is 11.2. The second-order valence-corrected chi connectivity index (χ2v) is 4.63. The molecule has 2 unspecified atom stereocenters. The number of nitrogens with zero attached hydrogens (tertiary/aromatic N) is 1. The normalized spacial score (nSPS) is 21.3. The minimum Gasteiger partial charge on any atom is -0.354 e. The van der Waals surface area contributed by atoms with E-state index in [4.69, 9.17) is 0 Å². The van der Waals surface area contributed by atoms with E-state index in [0.717, 1.165) is 11.3 Å². The van der Waals surface area contributed by atoms with Crippen molar-refractivity contribution in [1.29, 1.82) is 0 Å². The molecule has 0 bridgehead atoms. The molecule has 3 amide bonds. The van der Waals surface area contributed by atoms with Gasteiger partial charge in [-0.2, -0.15) is 0 Å². The van der Waals surface area contributed by atoms with Gasteiger partial charge in [-0.05, 0) is 13.3 Å². The molecule has 1 rings (SSSR count). The Hall–Kier alpha value is -1.43. The Bertz CT molecular complexity index is 343. The summed E-state index contributed by atoms with van der Waals surface area (Å²) < 4.78 is 0. The van der Waals surface area contributed by atoms with Gasteiger partial charge in [0.2, 0.25) is 17.7 Å². The Morgan fingerprint density at radius 2 is 2.17 bits per heavy atom. The highest BCUT2D eigenvalue weighted by molar-refractivity contribution is 6.05. The van der Waals surface area contributed by atoms with Crippen LogP contribution in [0, 0.1) is 0 Å². The minimum absolute atomic E-state index is 0.0398. The molecule has 6 heteroatoms. The van der Waals surface area contributed by atoms with Crippen LogP contribution in [0.3, 0.4) is 0 Å². The number of carbonyl (C=O) groups excluding carboxylic acids is 3. The lowest BCUT2D eigenvalue weighted by molar-refractivity contribution is -0.137. The summed E-state index contributed by atoms with van der Waals surface area (Å²) in [5.41, 5.74) is 0. The first kappa shape index (κ1) is 14.6. The van der Waals surface area contributed by atoms with Crippen LogP contribution in [-0.4, -0.2) is 48.3 Å². The molecule has 1 aliphatic rings. The van der Waals surface area contributed by atoms with Crippen molar-refractivity contribution in [3.63, 3.8) is 0 Å². The van der Waals surface area contributed by atoms with Crippen molar-refractivity contribution in [2.75, 3.05) is 13.6 Å². The van der Waals surface area contributed by atoms with E-state index < -0.39 is 6.04 Å². The fraction of sp³-hybridized carbons (Fsp3) is 0.750. The Kier molecular flexibility index (Phi) is 5.27. The van der Waals surface area contributed by atoms with Crippen LogP contribution in [0.2, 0.25) is 0 Å². The molecule has 1 heterocycles. The predicted molar refractivity (Wildman–Crippen MR) is 66.7 cm³/mol. The Labute approximate surface area is 107 Å². The number of carbonyl (C=O) groups is 3. The Morgan fingerprint density at radius 3 is 2.67 bits per heavy atom. The van der Waals surface area contributed by atoms with Crippen LogP contribution in [0.15, 0.2) is 0 Å². The number of likely N-dealkylation sites (N-methyl/N-ethyl adjacent to an activating group) is 1. The molecule has 1 aliphatic heterocycles. The van der Waals surface area contributed by atoms with Gasteiger partial charge in [-0.25, -0.2) is 0 Å². The smallest absolute Gasteiger partial charge is 0.246 e. The zero-order valence-electron chi connectivity index (χ0n) is 11.2. The number of likely N-dealkylation sites (tertiary alicyclic amines) is 1. The predicted octanol–water partition coefficient (Wildman–Crippen LogP) is -0.362. The molecule has 0 saturated carbocycles. The largest absolute Gasteiger partial charge is 0.354 e. The highest BCUT2D eigenvalue weighted by atomic mass is 16.2. The summed E-state index contributed by atoms with van der Waals surface area (Å²) >= 11 is 0. The van der Waals surface area contributed by atoms with Crippen molar-refractivity contribution in [3.05, 3.63) is 0 Å². The first-order chi connectivity index (χ1) is 8.45. The molecule has 0 aromatic heterocycles. The summed E-state index contributed by atoms with van der Waals surface area (Å²) in [6.45, 7) is 4.35. The van der Waals surface area contributed by atoms with E-state index in [1.54, 1.807) is 0 Å². The molecule has 2 N–H and O–H groups in total. The highest BCUT2D eigenvalue weighted by Gasteiger charge is 2.35. The monoisotopic (exact) mass is 255 g/mol. The van der Waals surface area contributed by atoms with Gasteiger partial charge in [0.15, 0.2) is 0 Å². The van der Waals surface area contributed by atoms with Crippen LogP contribution in [0.1, 0.15) is 33.1 Å². The van der Waals surface area contributed by atoms with Crippen molar-refractivity contribution < 1.29 is 14.4 Å². The van der Waals surface area contributed by atoms with Gasteiger partial charge in [0.1, 0.15) is 0 Å². The molecule has 18 heavy (non-hydrogen) atoms. The van der Waals surface area contributed by atoms with E-state index in [1.165, 1.54) is 7.05 Å². The van der Waals surface area contributed by atoms with E-state index in [9.17, 15) is 14.4 Å². The van der Waals surface area contributed by atoms with Gasteiger partial charge in [0.05, 0.1) is 12.5 Å². The van der Waals surface area contributed by atoms with Crippen LogP contribution in [0.5, 0.6) is 0 Å². The van der Waals surface area contributed by atoms with Gasteiger partial charge in [0.25, 0.3) is 0 Å². The first-order valence-corrected chi connectivity index (χ1v) is 6.28. The van der Waals surface area contributed by atoms with Gasteiger partial charge in [-0.1, -0.05) is 6.92 Å². The molecular formula is C12H21N3O3. The average molecular weight is 255 g/mol. The van der Waals surface area contributed by atoms with E-state index in [2.05, 4.69) is 10.6 Å². The third-order valence-corrected chi connectivity index (χ3v) is 3.14. The quantitative estimate of drug-likeness (QED) is 0.635. The lowest BCUT2D eigenvalue weighted by Crippen LogP contribution is -2.40. The van der Waals surface area contributed by atoms with E-state index in [0.29, 0.717) is 13.0 Å². The lowest BCUT2D eigenvalue weighted by Gasteiger charge is -2.13. The van der Waals surface area contributed by atoms with Gasteiger partial charge in [-0.15, -0.1) is 0 Å². The maximum Gasteiger partial charge on any atom is 0.246 e. The summed E-state index contributed by atoms with van der Waals surface area (Å²) in [7, 11) is 1.47. The molecule has 0 aromatic rings. The zero-order chi connectivity index (χ0) is 13.7. The number of rotatable bonds is 6. The third-order valence-electron chi connectivity index (χ3n) is 3.14. The molecular weight excluding hydrogens is 234 g/mol. The standard InChI is InChI=1S/C12H21N3O3/c1-4-8(2)14-10(16)5-6-13-9-7-11(17)15(3)12(9)18/h8-9,13H,4-7H2,1-3H3,(H,14,16). The Morgan fingerprint density at radius 1 is 1.50 bits per heavy atom. The summed E-state index contributed by atoms with van der Waals surface area (Å²) in [5.74, 6) is -0.439. The fourth-order valence-corrected chi connectivity index (χ4v) is 1.72. The van der Waals surface area contributed by atoms with Crippen molar-refractivity contribution in [1.82, 2.24) is 15.5 Å². The van der Waals surface area contributed by atoms with Gasteiger partial charge >= 0.3 is 0 Å². The molecule has 6 nitrogen and oxygen atoms in total. The van der Waals surface area contributed by atoms with Crippen LogP contribution in [0.4, 0.5) is 0 Å². The number of hydrogen-bond acceptors (Lipinski definition) is 4. The topological polar surface area (TPSA) is 78.5 Å². The number of nitrogens with one attached hydrogen (secondary N) is 2. The Balaban J connectivity index is 2.24. The SMILES string of the molecule is CCC(C)NC(=O)CCNC1CC(=O)N(C)C1=O. The molecule has 0 radical (unpaired) electrons. The first-order valence-electron chi connectivity index (χ1n) is 6.28. The van der Waals surface area contributed by atoms with Crippen LogP contribution in [0.25, 0.3) is 0 Å². The average Bonchev–Trinajstić information content (AvgIpc) is 2.57. The minimum atomic E-state index is -0.473. The van der Waals surface area contributed by atoms with E-state index >= 15 is 0 Å². The van der Waals surface area contributed by atoms with Gasteiger partial charge < -0.3 is 10.6 Å². The van der Waals surface area contributed by atoms with Gasteiger partial charge in [-0.3, -0.25) is 19.3 Å². The van der Waals surface area contributed by atoms with Crippen molar-refractivity contribution in [3.8, 4) is 0 Å². The number of amides is 3. The third kappa shape index (κ3) is 3.80. The fourth-order valence-electron chi connectivity index (χ4n) is 1.72. The molecule has 0 spiro atoms. The van der Waals surface area contributed by atoms with Crippen LogP contribution < -0.4 is 10.6 Å². The summed E-state index contributed by atoms with van der Waals surface area (Å²) in [6.07, 6.45) is 1.38. The van der Waals surface area contributed by atoms with Crippen molar-refractivity contribution >= 4 is 17.7 Å². The molecule has 1 saturated heterocycles.